The van der Waals surface area contributed by atoms with Crippen molar-refractivity contribution in [2.24, 2.45) is 34.5 Å². The second kappa shape index (κ2) is 7.37. The predicted octanol–water partition coefficient (Wildman–Crippen LogP) is 5.35. The molecule has 33 heavy (non-hydrogen) atoms. The quantitative estimate of drug-likeness (QED) is 0.649. The fourth-order valence-corrected chi connectivity index (χ4v) is 9.43. The number of carbonyl (C=O) groups excluding carboxylic acids is 2. The molecule has 178 valence electrons. The number of hydrogen-bond acceptors (Lipinski definition) is 5. The van der Waals surface area contributed by atoms with E-state index in [-0.39, 0.29) is 28.6 Å². The van der Waals surface area contributed by atoms with Gasteiger partial charge in [-0.1, -0.05) is 30.8 Å². The molecule has 0 bridgehead atoms. The number of likely N-dealkylation sites (tertiary alicyclic amines) is 1. The van der Waals surface area contributed by atoms with Crippen molar-refractivity contribution in [1.82, 2.24) is 15.1 Å². The summed E-state index contributed by atoms with van der Waals surface area (Å²) < 4.78 is 0. The number of amides is 2. The first kappa shape index (κ1) is 21.8. The van der Waals surface area contributed by atoms with Gasteiger partial charge in [-0.2, -0.15) is 0 Å². The molecule has 3 saturated carbocycles. The Bertz CT molecular complexity index is 1040. The summed E-state index contributed by atoms with van der Waals surface area (Å²) in [4.78, 5) is 27.9. The fourth-order valence-electron chi connectivity index (χ4n) is 8.51. The number of nitrogens with one attached hydrogen (secondary N) is 1. The van der Waals surface area contributed by atoms with Crippen molar-refractivity contribution in [3.63, 3.8) is 0 Å². The molecule has 6 rings (SSSR count). The van der Waals surface area contributed by atoms with E-state index in [9.17, 15) is 9.59 Å². The van der Waals surface area contributed by atoms with Gasteiger partial charge in [-0.3, -0.25) is 9.59 Å². The molecular weight excluding hydrogens is 432 g/mol. The van der Waals surface area contributed by atoms with E-state index in [4.69, 9.17) is 0 Å². The van der Waals surface area contributed by atoms with Crippen LogP contribution in [0.1, 0.15) is 89.5 Å². The third-order valence-electron chi connectivity index (χ3n) is 10.2. The number of anilines is 1. The highest BCUT2D eigenvalue weighted by Crippen LogP contribution is 2.67. The summed E-state index contributed by atoms with van der Waals surface area (Å²) >= 11 is 1.56. The van der Waals surface area contributed by atoms with E-state index in [2.05, 4.69) is 36.3 Å². The van der Waals surface area contributed by atoms with Crippen LogP contribution >= 0.6 is 11.3 Å². The standard InChI is InChI=1S/C26H36N4O2S/c1-14-13-16-17-7-8-19(22(32)27-24-29-28-23(33-24)15-5-6-15)25(17,2)11-9-18(16)26(3)12-10-20(31)30(4)21(14)26/h15-19H,5-13H2,1-4H3,(H,27,29,32)/t16-,17-,18+,19?,25-,26+/m0/s1. The Morgan fingerprint density at radius 2 is 1.88 bits per heavy atom. The topological polar surface area (TPSA) is 75.2 Å². The lowest BCUT2D eigenvalue weighted by molar-refractivity contribution is -0.137. The molecule has 1 aliphatic heterocycles. The van der Waals surface area contributed by atoms with Gasteiger partial charge in [0.2, 0.25) is 16.9 Å². The first-order chi connectivity index (χ1) is 15.7. The van der Waals surface area contributed by atoms with Crippen LogP contribution in [0.25, 0.3) is 0 Å². The molecule has 1 aromatic heterocycles. The maximum Gasteiger partial charge on any atom is 0.229 e. The molecule has 1 N–H and O–H groups in total. The van der Waals surface area contributed by atoms with Crippen LogP contribution in [0.15, 0.2) is 11.3 Å². The van der Waals surface area contributed by atoms with E-state index in [1.165, 1.54) is 24.1 Å². The third kappa shape index (κ3) is 3.17. The van der Waals surface area contributed by atoms with Gasteiger partial charge in [0.1, 0.15) is 5.01 Å². The van der Waals surface area contributed by atoms with Crippen LogP contribution in [0.3, 0.4) is 0 Å². The van der Waals surface area contributed by atoms with Crippen molar-refractivity contribution < 1.29 is 9.59 Å². The second-order valence-corrected chi connectivity index (χ2v) is 13.0. The van der Waals surface area contributed by atoms with Crippen molar-refractivity contribution in [3.05, 3.63) is 16.3 Å². The maximum absolute atomic E-state index is 13.4. The van der Waals surface area contributed by atoms with Crippen molar-refractivity contribution in [1.29, 1.82) is 0 Å². The molecule has 1 saturated heterocycles. The highest BCUT2D eigenvalue weighted by molar-refractivity contribution is 7.15. The van der Waals surface area contributed by atoms with Crippen molar-refractivity contribution in [2.75, 3.05) is 12.4 Å². The van der Waals surface area contributed by atoms with Gasteiger partial charge in [-0.05, 0) is 81.5 Å². The molecule has 0 spiro atoms. The zero-order valence-corrected chi connectivity index (χ0v) is 21.1. The summed E-state index contributed by atoms with van der Waals surface area (Å²) in [6.07, 6.45) is 9.45. The van der Waals surface area contributed by atoms with Gasteiger partial charge in [0.15, 0.2) is 0 Å². The minimum absolute atomic E-state index is 0.0415. The van der Waals surface area contributed by atoms with Gasteiger partial charge in [0, 0.05) is 36.4 Å². The lowest BCUT2D eigenvalue weighted by atomic mass is 9.48. The van der Waals surface area contributed by atoms with Crippen molar-refractivity contribution in [3.8, 4) is 0 Å². The summed E-state index contributed by atoms with van der Waals surface area (Å²) in [6.45, 7) is 7.05. The number of aromatic nitrogens is 2. The summed E-state index contributed by atoms with van der Waals surface area (Å²) in [7, 11) is 1.98. The Morgan fingerprint density at radius 1 is 1.09 bits per heavy atom. The lowest BCUT2D eigenvalue weighted by Gasteiger charge is -2.59. The molecule has 0 aromatic carbocycles. The zero-order valence-electron chi connectivity index (χ0n) is 20.3. The lowest BCUT2D eigenvalue weighted by Crippen LogP contribution is -2.54. The predicted molar refractivity (Wildman–Crippen MR) is 128 cm³/mol. The van der Waals surface area contributed by atoms with Crippen LogP contribution in [0.5, 0.6) is 0 Å². The fraction of sp³-hybridized carbons (Fsp3) is 0.769. The van der Waals surface area contributed by atoms with E-state index in [0.717, 1.165) is 43.5 Å². The molecule has 1 aromatic rings. The minimum Gasteiger partial charge on any atom is -0.319 e. The van der Waals surface area contributed by atoms with Crippen molar-refractivity contribution >= 4 is 28.3 Å². The van der Waals surface area contributed by atoms with Crippen LogP contribution < -0.4 is 5.32 Å². The Hall–Kier alpha value is -1.76. The summed E-state index contributed by atoms with van der Waals surface area (Å²) in [5, 5.41) is 13.4. The first-order valence-corrected chi connectivity index (χ1v) is 13.6. The number of hydrogen-bond donors (Lipinski definition) is 1. The third-order valence-corrected chi connectivity index (χ3v) is 11.2. The number of fused-ring (bicyclic) bond motifs is 5. The first-order valence-electron chi connectivity index (χ1n) is 12.8. The van der Waals surface area contributed by atoms with Gasteiger partial charge in [0.05, 0.1) is 0 Å². The second-order valence-electron chi connectivity index (χ2n) is 12.0. The molecule has 7 heteroatoms. The molecule has 2 amide bonds. The molecule has 4 aliphatic carbocycles. The number of piperidine rings is 1. The van der Waals surface area contributed by atoms with Crippen LogP contribution in [0.2, 0.25) is 0 Å². The van der Waals surface area contributed by atoms with E-state index in [1.807, 2.05) is 11.9 Å². The molecule has 1 unspecified atom stereocenters. The van der Waals surface area contributed by atoms with Gasteiger partial charge in [-0.15, -0.1) is 10.2 Å². The number of nitrogens with zero attached hydrogens (tertiary/aromatic N) is 3. The van der Waals surface area contributed by atoms with Gasteiger partial charge in [0.25, 0.3) is 0 Å². The normalized spacial score (nSPS) is 40.4. The largest absolute Gasteiger partial charge is 0.319 e. The monoisotopic (exact) mass is 468 g/mol. The number of carbonyl (C=O) groups is 2. The average molecular weight is 469 g/mol. The molecular formula is C26H36N4O2S. The average Bonchev–Trinajstić information content (AvgIpc) is 3.40. The highest BCUT2D eigenvalue weighted by atomic mass is 32.1. The van der Waals surface area contributed by atoms with E-state index >= 15 is 0 Å². The minimum atomic E-state index is 0.0415. The Morgan fingerprint density at radius 3 is 2.64 bits per heavy atom. The molecule has 5 aliphatic rings. The van der Waals surface area contributed by atoms with Crippen LogP contribution in [0.4, 0.5) is 5.13 Å². The maximum atomic E-state index is 13.4. The zero-order chi connectivity index (χ0) is 23.1. The summed E-state index contributed by atoms with van der Waals surface area (Å²) in [6, 6.07) is 0. The number of allylic oxidation sites excluding steroid dienone is 2. The molecule has 0 radical (unpaired) electrons. The van der Waals surface area contributed by atoms with Gasteiger partial charge in [-0.25, -0.2) is 0 Å². The Balaban J connectivity index is 1.24. The summed E-state index contributed by atoms with van der Waals surface area (Å²) in [5.74, 6) is 2.82. The molecule has 6 atom stereocenters. The van der Waals surface area contributed by atoms with Crippen molar-refractivity contribution in [2.45, 2.75) is 84.5 Å². The SMILES string of the molecule is CC1=C2N(C)C(=O)CC[C@]2(C)[C@@H]2CC[C@]3(C)C(C(=O)Nc4nnc(C5CC5)s4)CC[C@H]3[C@@H]2C1. The Labute approximate surface area is 200 Å². The van der Waals surface area contributed by atoms with Crippen LogP contribution in [-0.2, 0) is 9.59 Å². The van der Waals surface area contributed by atoms with E-state index in [0.29, 0.717) is 35.2 Å². The summed E-state index contributed by atoms with van der Waals surface area (Å²) in [5.41, 5.74) is 2.83. The number of rotatable bonds is 3. The smallest absolute Gasteiger partial charge is 0.229 e. The molecule has 6 nitrogen and oxygen atoms in total. The highest BCUT2D eigenvalue weighted by Gasteiger charge is 2.61. The Kier molecular flexibility index (Phi) is 4.86. The van der Waals surface area contributed by atoms with Gasteiger partial charge < -0.3 is 10.2 Å². The molecule has 2 heterocycles. The van der Waals surface area contributed by atoms with E-state index in [1.54, 1.807) is 11.3 Å². The van der Waals surface area contributed by atoms with Crippen LogP contribution in [-0.4, -0.2) is 34.0 Å². The van der Waals surface area contributed by atoms with Crippen LogP contribution in [0, 0.1) is 34.5 Å². The molecule has 4 fully saturated rings. The van der Waals surface area contributed by atoms with E-state index < -0.39 is 0 Å². The van der Waals surface area contributed by atoms with Gasteiger partial charge >= 0.3 is 0 Å².